The highest BCUT2D eigenvalue weighted by Crippen LogP contribution is 2.34. The molecule has 2 atom stereocenters. The molecule has 146 valence electrons. The van der Waals surface area contributed by atoms with E-state index >= 15 is 0 Å². The van der Waals surface area contributed by atoms with Crippen LogP contribution in [0.15, 0.2) is 59.3 Å². The molecule has 2 aromatic carbocycles. The third kappa shape index (κ3) is 3.08. The number of amides is 1. The number of fused-ring (bicyclic) bond motifs is 1. The lowest BCUT2D eigenvalue weighted by Gasteiger charge is -2.25. The van der Waals surface area contributed by atoms with Crippen LogP contribution in [0.4, 0.5) is 4.39 Å². The first kappa shape index (κ1) is 17.6. The lowest BCUT2D eigenvalue weighted by Crippen LogP contribution is -2.28. The molecule has 7 heteroatoms. The van der Waals surface area contributed by atoms with Gasteiger partial charge in [0, 0.05) is 41.5 Å². The van der Waals surface area contributed by atoms with Crippen LogP contribution in [0.2, 0.25) is 0 Å². The molecule has 1 N–H and O–H groups in total. The molecule has 6 nitrogen and oxygen atoms in total. The molecule has 1 aliphatic heterocycles. The Labute approximate surface area is 166 Å². The fourth-order valence-corrected chi connectivity index (χ4v) is 3.98. The molecule has 5 rings (SSSR count). The van der Waals surface area contributed by atoms with E-state index in [1.165, 1.54) is 12.1 Å². The van der Waals surface area contributed by atoms with E-state index in [0.717, 1.165) is 22.0 Å². The number of hydrogen-bond donors (Lipinski definition) is 1. The fourth-order valence-electron chi connectivity index (χ4n) is 3.98. The van der Waals surface area contributed by atoms with E-state index in [1.54, 1.807) is 17.0 Å². The minimum absolute atomic E-state index is 0.0333. The summed E-state index contributed by atoms with van der Waals surface area (Å²) in [5, 5.41) is 5.16. The van der Waals surface area contributed by atoms with Crippen molar-refractivity contribution in [3.05, 3.63) is 71.9 Å². The predicted octanol–water partition coefficient (Wildman–Crippen LogP) is 4.43. The number of nitrogens with zero attached hydrogens (tertiary/aromatic N) is 3. The van der Waals surface area contributed by atoms with Gasteiger partial charge >= 0.3 is 0 Å². The Bertz CT molecular complexity index is 1180. The average molecular weight is 390 g/mol. The van der Waals surface area contributed by atoms with Gasteiger partial charge in [0.1, 0.15) is 5.82 Å². The molecule has 1 fully saturated rings. The van der Waals surface area contributed by atoms with Crippen LogP contribution in [0.3, 0.4) is 0 Å². The van der Waals surface area contributed by atoms with Crippen molar-refractivity contribution < 1.29 is 13.7 Å². The van der Waals surface area contributed by atoms with Gasteiger partial charge in [-0.25, -0.2) is 4.39 Å². The summed E-state index contributed by atoms with van der Waals surface area (Å²) in [6, 6.07) is 13.9. The van der Waals surface area contributed by atoms with Crippen LogP contribution in [0.1, 0.15) is 36.7 Å². The van der Waals surface area contributed by atoms with Gasteiger partial charge in [0.25, 0.3) is 5.89 Å². The van der Waals surface area contributed by atoms with E-state index < -0.39 is 0 Å². The van der Waals surface area contributed by atoms with Crippen LogP contribution in [0.25, 0.3) is 22.4 Å². The molecule has 0 radical (unpaired) electrons. The van der Waals surface area contributed by atoms with Crippen molar-refractivity contribution in [3.63, 3.8) is 0 Å². The molecule has 29 heavy (non-hydrogen) atoms. The molecule has 1 saturated heterocycles. The van der Waals surface area contributed by atoms with Gasteiger partial charge in [-0.3, -0.25) is 4.79 Å². The molecule has 0 aliphatic carbocycles. The fraction of sp³-hybridized carbons (Fsp3) is 0.227. The quantitative estimate of drug-likeness (QED) is 0.559. The van der Waals surface area contributed by atoms with Crippen molar-refractivity contribution in [1.29, 1.82) is 0 Å². The van der Waals surface area contributed by atoms with Crippen LogP contribution in [-0.2, 0) is 4.79 Å². The van der Waals surface area contributed by atoms with Crippen molar-refractivity contribution in [3.8, 4) is 11.5 Å². The second kappa shape index (κ2) is 6.84. The van der Waals surface area contributed by atoms with Crippen molar-refractivity contribution in [1.82, 2.24) is 20.0 Å². The molecule has 3 heterocycles. The summed E-state index contributed by atoms with van der Waals surface area (Å²) in [6.07, 6.45) is 2.20. The Morgan fingerprint density at radius 2 is 2.03 bits per heavy atom. The van der Waals surface area contributed by atoms with Gasteiger partial charge < -0.3 is 14.4 Å². The number of benzene rings is 2. The topological polar surface area (TPSA) is 75.0 Å². The van der Waals surface area contributed by atoms with Crippen LogP contribution < -0.4 is 0 Å². The highest BCUT2D eigenvalue weighted by atomic mass is 19.1. The number of carbonyl (C=O) groups excluding carboxylic acids is 1. The lowest BCUT2D eigenvalue weighted by atomic mass is 10.1. The molecular weight excluding hydrogens is 371 g/mol. The highest BCUT2D eigenvalue weighted by Gasteiger charge is 2.36. The van der Waals surface area contributed by atoms with Gasteiger partial charge in [-0.15, -0.1) is 0 Å². The molecule has 2 aromatic heterocycles. The van der Waals surface area contributed by atoms with Crippen molar-refractivity contribution in [2.75, 3.05) is 6.54 Å². The maximum absolute atomic E-state index is 13.2. The van der Waals surface area contributed by atoms with Crippen LogP contribution >= 0.6 is 0 Å². The number of aromatic nitrogens is 3. The Balaban J connectivity index is 1.38. The number of rotatable bonds is 4. The second-order valence-electron chi connectivity index (χ2n) is 7.38. The predicted molar refractivity (Wildman–Crippen MR) is 105 cm³/mol. The van der Waals surface area contributed by atoms with E-state index in [-0.39, 0.29) is 23.7 Å². The Kier molecular flexibility index (Phi) is 4.16. The maximum Gasteiger partial charge on any atom is 0.258 e. The Hall–Kier alpha value is -3.48. The zero-order valence-electron chi connectivity index (χ0n) is 15.8. The van der Waals surface area contributed by atoms with Gasteiger partial charge in [-0.05, 0) is 42.8 Å². The highest BCUT2D eigenvalue weighted by molar-refractivity contribution is 5.92. The number of carbonyl (C=O) groups is 1. The van der Waals surface area contributed by atoms with E-state index in [4.69, 9.17) is 4.52 Å². The van der Waals surface area contributed by atoms with Gasteiger partial charge in [0.2, 0.25) is 5.91 Å². The van der Waals surface area contributed by atoms with Crippen molar-refractivity contribution in [2.45, 2.75) is 25.3 Å². The van der Waals surface area contributed by atoms with Crippen molar-refractivity contribution >= 4 is 16.8 Å². The number of halogens is 1. The van der Waals surface area contributed by atoms with Gasteiger partial charge in [0.05, 0.1) is 6.04 Å². The summed E-state index contributed by atoms with van der Waals surface area (Å²) in [5.41, 5.74) is 2.76. The second-order valence-corrected chi connectivity index (χ2v) is 7.38. The molecule has 0 spiro atoms. The van der Waals surface area contributed by atoms with Gasteiger partial charge in [0.15, 0.2) is 5.82 Å². The summed E-state index contributed by atoms with van der Waals surface area (Å²) in [5.74, 6) is 0.597. The first-order valence-electron chi connectivity index (χ1n) is 9.55. The summed E-state index contributed by atoms with van der Waals surface area (Å²) >= 11 is 0. The minimum atomic E-state index is -0.289. The van der Waals surface area contributed by atoms with E-state index in [2.05, 4.69) is 15.1 Å². The zero-order chi connectivity index (χ0) is 20.0. The number of hydrogen-bond acceptors (Lipinski definition) is 4. The number of H-pyrrole nitrogens is 1. The standard InChI is InChI=1S/C22H19FN4O2/c1-13(14-5-7-16(23)8-6-14)27-12-15(11-20(27)28)21-25-22(29-26-21)18-3-2-4-19-17(18)9-10-24-19/h2-10,13,15,24H,11-12H2,1H3. The van der Waals surface area contributed by atoms with E-state index in [1.807, 2.05) is 37.4 Å². The van der Waals surface area contributed by atoms with Crippen molar-refractivity contribution in [2.24, 2.45) is 0 Å². The minimum Gasteiger partial charge on any atom is -0.361 e. The monoisotopic (exact) mass is 390 g/mol. The van der Waals surface area contributed by atoms with Crippen LogP contribution in [0, 0.1) is 5.82 Å². The zero-order valence-corrected chi connectivity index (χ0v) is 15.8. The average Bonchev–Trinajstić information content (AvgIpc) is 3.47. The molecule has 4 aromatic rings. The van der Waals surface area contributed by atoms with Gasteiger partial charge in [-0.1, -0.05) is 23.4 Å². The van der Waals surface area contributed by atoms with E-state index in [9.17, 15) is 9.18 Å². The normalized spacial score (nSPS) is 17.9. The van der Waals surface area contributed by atoms with Crippen LogP contribution in [0.5, 0.6) is 0 Å². The molecule has 1 aliphatic rings. The lowest BCUT2D eigenvalue weighted by molar-refractivity contribution is -0.129. The largest absolute Gasteiger partial charge is 0.361 e. The summed E-state index contributed by atoms with van der Waals surface area (Å²) < 4.78 is 18.7. The molecule has 1 amide bonds. The smallest absolute Gasteiger partial charge is 0.258 e. The third-order valence-corrected chi connectivity index (χ3v) is 5.61. The Morgan fingerprint density at radius 3 is 2.86 bits per heavy atom. The first-order chi connectivity index (χ1) is 14.1. The SMILES string of the molecule is CC(c1ccc(F)cc1)N1CC(c2noc(-c3cccc4[nH]ccc34)n2)CC1=O. The van der Waals surface area contributed by atoms with Crippen LogP contribution in [-0.4, -0.2) is 32.5 Å². The molecule has 0 saturated carbocycles. The number of likely N-dealkylation sites (tertiary alicyclic amines) is 1. The molecule has 0 bridgehead atoms. The summed E-state index contributed by atoms with van der Waals surface area (Å²) in [7, 11) is 0. The van der Waals surface area contributed by atoms with Gasteiger partial charge in [-0.2, -0.15) is 4.98 Å². The first-order valence-corrected chi connectivity index (χ1v) is 9.55. The Morgan fingerprint density at radius 1 is 1.21 bits per heavy atom. The molecular formula is C22H19FN4O2. The maximum atomic E-state index is 13.2. The summed E-state index contributed by atoms with van der Waals surface area (Å²) in [4.78, 5) is 22.2. The summed E-state index contributed by atoms with van der Waals surface area (Å²) in [6.45, 7) is 2.45. The molecule has 2 unspecified atom stereocenters. The number of nitrogens with one attached hydrogen (secondary N) is 1. The third-order valence-electron chi connectivity index (χ3n) is 5.61. The van der Waals surface area contributed by atoms with E-state index in [0.29, 0.717) is 24.7 Å². The number of aromatic amines is 1.